The van der Waals surface area contributed by atoms with Gasteiger partial charge < -0.3 is 10.0 Å². The van der Waals surface area contributed by atoms with Crippen molar-refractivity contribution in [1.29, 1.82) is 0 Å². The van der Waals surface area contributed by atoms with Crippen molar-refractivity contribution in [2.45, 2.75) is 77.9 Å². The minimum atomic E-state index is -0.208. The number of hydrogen-bond donors (Lipinski definition) is 1. The van der Waals surface area contributed by atoms with Crippen molar-refractivity contribution < 1.29 is 5.11 Å². The Balaban J connectivity index is 2.10. The molecule has 0 amide bonds. The van der Waals surface area contributed by atoms with Crippen LogP contribution in [-0.2, 0) is 11.8 Å². The van der Waals surface area contributed by atoms with Crippen LogP contribution in [0.4, 0.5) is 0 Å². The largest absolute Gasteiger partial charge is 0.393 e. The molecule has 1 aromatic carbocycles. The second-order valence-electron chi connectivity index (χ2n) is 9.59. The maximum absolute atomic E-state index is 11.0. The molecule has 2 aliphatic carbocycles. The van der Waals surface area contributed by atoms with E-state index in [2.05, 4.69) is 58.7 Å². The number of benzene rings is 1. The van der Waals surface area contributed by atoms with E-state index in [1.807, 2.05) is 0 Å². The SMILES string of the molecule is Cc1ccc2c(c1C)[C@]13CCN(C)[C@@H](C2)C1(C)CC[C@H](O)C3(C)C. The van der Waals surface area contributed by atoms with E-state index >= 15 is 0 Å². The summed E-state index contributed by atoms with van der Waals surface area (Å²) in [6.07, 6.45) is 4.20. The molecule has 1 aromatic rings. The van der Waals surface area contributed by atoms with Gasteiger partial charge >= 0.3 is 0 Å². The highest BCUT2D eigenvalue weighted by atomic mass is 16.3. The fourth-order valence-electron chi connectivity index (χ4n) is 7.03. The van der Waals surface area contributed by atoms with Gasteiger partial charge in [-0.05, 0) is 80.8 Å². The number of rotatable bonds is 0. The van der Waals surface area contributed by atoms with Gasteiger partial charge in [0, 0.05) is 16.9 Å². The lowest BCUT2D eigenvalue weighted by atomic mass is 9.36. The molecule has 1 N–H and O–H groups in total. The predicted octanol–water partition coefficient (Wildman–Crippen LogP) is 3.99. The monoisotopic (exact) mass is 327 g/mol. The van der Waals surface area contributed by atoms with Gasteiger partial charge in [0.05, 0.1) is 6.10 Å². The van der Waals surface area contributed by atoms with Gasteiger partial charge in [-0.3, -0.25) is 0 Å². The van der Waals surface area contributed by atoms with Crippen LogP contribution in [0.2, 0.25) is 0 Å². The summed E-state index contributed by atoms with van der Waals surface area (Å²) < 4.78 is 0. The average molecular weight is 328 g/mol. The summed E-state index contributed by atoms with van der Waals surface area (Å²) in [4.78, 5) is 2.60. The van der Waals surface area contributed by atoms with Gasteiger partial charge in [-0.25, -0.2) is 0 Å². The van der Waals surface area contributed by atoms with Gasteiger partial charge in [0.15, 0.2) is 0 Å². The molecule has 1 saturated carbocycles. The number of nitrogens with zero attached hydrogens (tertiary/aromatic N) is 1. The molecule has 2 nitrogen and oxygen atoms in total. The van der Waals surface area contributed by atoms with E-state index in [0.717, 1.165) is 32.2 Å². The molecule has 3 aliphatic rings. The lowest BCUT2D eigenvalue weighted by Crippen LogP contribution is -2.73. The molecule has 1 aliphatic heterocycles. The van der Waals surface area contributed by atoms with Crippen LogP contribution in [0.25, 0.3) is 0 Å². The van der Waals surface area contributed by atoms with Crippen LogP contribution < -0.4 is 0 Å². The molecule has 2 heteroatoms. The summed E-state index contributed by atoms with van der Waals surface area (Å²) >= 11 is 0. The maximum atomic E-state index is 11.0. The first-order valence-corrected chi connectivity index (χ1v) is 9.65. The van der Waals surface area contributed by atoms with Crippen molar-refractivity contribution in [1.82, 2.24) is 4.90 Å². The Labute approximate surface area is 147 Å². The molecule has 4 rings (SSSR count). The van der Waals surface area contributed by atoms with Crippen molar-refractivity contribution in [2.75, 3.05) is 13.6 Å². The highest BCUT2D eigenvalue weighted by Gasteiger charge is 2.69. The van der Waals surface area contributed by atoms with Crippen molar-refractivity contribution >= 4 is 0 Å². The normalized spacial score (nSPS) is 40.8. The van der Waals surface area contributed by atoms with Crippen molar-refractivity contribution in [3.05, 3.63) is 34.4 Å². The topological polar surface area (TPSA) is 23.5 Å². The third-order valence-electron chi connectivity index (χ3n) is 8.61. The zero-order chi connectivity index (χ0) is 17.5. The number of likely N-dealkylation sites (tertiary alicyclic amines) is 1. The summed E-state index contributed by atoms with van der Waals surface area (Å²) in [5, 5.41) is 11.0. The number of aliphatic hydroxyl groups is 1. The number of aryl methyl sites for hydroxylation is 1. The molecule has 1 heterocycles. The Bertz CT molecular complexity index is 693. The quantitative estimate of drug-likeness (QED) is 0.779. The highest BCUT2D eigenvalue weighted by molar-refractivity contribution is 5.52. The van der Waals surface area contributed by atoms with Crippen LogP contribution in [-0.4, -0.2) is 35.7 Å². The van der Waals surface area contributed by atoms with Crippen LogP contribution in [0.1, 0.15) is 62.3 Å². The first-order chi connectivity index (χ1) is 11.2. The van der Waals surface area contributed by atoms with E-state index in [1.165, 1.54) is 16.7 Å². The van der Waals surface area contributed by atoms with Crippen LogP contribution in [0, 0.1) is 24.7 Å². The maximum Gasteiger partial charge on any atom is 0.0600 e. The molecule has 1 saturated heterocycles. The van der Waals surface area contributed by atoms with E-state index in [0.29, 0.717) is 6.04 Å². The fraction of sp³-hybridized carbons (Fsp3) is 0.727. The van der Waals surface area contributed by atoms with Gasteiger partial charge in [-0.1, -0.05) is 32.9 Å². The lowest BCUT2D eigenvalue weighted by Gasteiger charge is -2.71. The second-order valence-corrected chi connectivity index (χ2v) is 9.59. The Kier molecular flexibility index (Phi) is 3.36. The smallest absolute Gasteiger partial charge is 0.0600 e. The standard InChI is InChI=1S/C22H33NO/c1-14-7-8-16-13-17-21(5)10-9-18(24)20(3,4)22(21,11-12-23(17)6)19(16)15(14)2/h7-8,17-18,24H,9-13H2,1-6H3/t17-,18-,21?,22-/m0/s1. The zero-order valence-corrected chi connectivity index (χ0v) is 16.2. The first kappa shape index (κ1) is 16.6. The van der Waals surface area contributed by atoms with Crippen LogP contribution >= 0.6 is 0 Å². The molecule has 4 atom stereocenters. The molecule has 132 valence electrons. The third kappa shape index (κ3) is 1.65. The molecule has 2 bridgehead atoms. The van der Waals surface area contributed by atoms with Crippen LogP contribution in [0.5, 0.6) is 0 Å². The summed E-state index contributed by atoms with van der Waals surface area (Å²) in [5.41, 5.74) is 6.25. The fourth-order valence-corrected chi connectivity index (χ4v) is 7.03. The summed E-state index contributed by atoms with van der Waals surface area (Å²) in [5.74, 6) is 0. The number of piperidine rings is 1. The van der Waals surface area contributed by atoms with E-state index in [4.69, 9.17) is 0 Å². The van der Waals surface area contributed by atoms with Crippen molar-refractivity contribution in [3.8, 4) is 0 Å². The predicted molar refractivity (Wildman–Crippen MR) is 99.5 cm³/mol. The average Bonchev–Trinajstić information content (AvgIpc) is 2.51. The highest BCUT2D eigenvalue weighted by Crippen LogP contribution is 2.69. The molecular weight excluding hydrogens is 294 g/mol. The minimum absolute atomic E-state index is 0.0819. The molecule has 2 fully saturated rings. The molecular formula is C22H33NO. The Morgan fingerprint density at radius 1 is 1.12 bits per heavy atom. The van der Waals surface area contributed by atoms with Gasteiger partial charge in [-0.2, -0.15) is 0 Å². The Hall–Kier alpha value is -0.860. The van der Waals surface area contributed by atoms with Crippen LogP contribution in [0.15, 0.2) is 12.1 Å². The van der Waals surface area contributed by atoms with Gasteiger partial charge in [0.25, 0.3) is 0 Å². The second kappa shape index (κ2) is 4.86. The Morgan fingerprint density at radius 3 is 2.54 bits per heavy atom. The van der Waals surface area contributed by atoms with E-state index in [-0.39, 0.29) is 22.3 Å². The van der Waals surface area contributed by atoms with Crippen molar-refractivity contribution in [2.24, 2.45) is 10.8 Å². The summed E-state index contributed by atoms with van der Waals surface area (Å²) in [6, 6.07) is 5.27. The lowest BCUT2D eigenvalue weighted by molar-refractivity contribution is -0.178. The first-order valence-electron chi connectivity index (χ1n) is 9.65. The Morgan fingerprint density at radius 2 is 1.83 bits per heavy atom. The molecule has 0 aromatic heterocycles. The third-order valence-corrected chi connectivity index (χ3v) is 8.61. The van der Waals surface area contributed by atoms with Crippen molar-refractivity contribution in [3.63, 3.8) is 0 Å². The number of likely N-dealkylation sites (N-methyl/N-ethyl adjacent to an activating group) is 1. The minimum Gasteiger partial charge on any atom is -0.393 e. The molecule has 1 unspecified atom stereocenters. The molecule has 24 heavy (non-hydrogen) atoms. The van der Waals surface area contributed by atoms with E-state index < -0.39 is 0 Å². The zero-order valence-electron chi connectivity index (χ0n) is 16.2. The number of aliphatic hydroxyl groups excluding tert-OH is 1. The molecule has 0 radical (unpaired) electrons. The van der Waals surface area contributed by atoms with Crippen LogP contribution in [0.3, 0.4) is 0 Å². The van der Waals surface area contributed by atoms with Gasteiger partial charge in [0.1, 0.15) is 0 Å². The van der Waals surface area contributed by atoms with E-state index in [9.17, 15) is 5.11 Å². The van der Waals surface area contributed by atoms with E-state index in [1.54, 1.807) is 5.56 Å². The summed E-state index contributed by atoms with van der Waals surface area (Å²) in [7, 11) is 2.31. The number of fused-ring (bicyclic) bond motifs is 1. The van der Waals surface area contributed by atoms with Gasteiger partial charge in [-0.15, -0.1) is 0 Å². The molecule has 0 spiro atoms. The van der Waals surface area contributed by atoms with Gasteiger partial charge in [0.2, 0.25) is 0 Å². The number of hydrogen-bond acceptors (Lipinski definition) is 2. The summed E-state index contributed by atoms with van der Waals surface area (Å²) in [6.45, 7) is 12.9.